The van der Waals surface area contributed by atoms with Gasteiger partial charge in [-0.15, -0.1) is 0 Å². The quantitative estimate of drug-likeness (QED) is 0.663. The van der Waals surface area contributed by atoms with Crippen molar-refractivity contribution in [3.05, 3.63) is 23.0 Å². The average molecular weight is 271 g/mol. The first-order valence-corrected chi connectivity index (χ1v) is 4.36. The number of methoxy groups -OCH3 is 1. The van der Waals surface area contributed by atoms with Crippen LogP contribution in [0, 0.1) is 0 Å². The predicted octanol–water partition coefficient (Wildman–Crippen LogP) is 2.53. The number of nitrogens with zero attached hydrogens (tertiary/aromatic N) is 1. The van der Waals surface area contributed by atoms with E-state index in [2.05, 4.69) is 9.72 Å². The minimum absolute atomic E-state index is 0.348. The Morgan fingerprint density at radius 1 is 1.44 bits per heavy atom. The molecule has 0 aliphatic carbocycles. The van der Waals surface area contributed by atoms with Crippen LogP contribution in [-0.2, 0) is 10.9 Å². The van der Waals surface area contributed by atoms with Crippen molar-refractivity contribution in [1.29, 1.82) is 0 Å². The Morgan fingerprint density at radius 3 is 2.39 bits per heavy atom. The first-order valence-electron chi connectivity index (χ1n) is 4.36. The van der Waals surface area contributed by atoms with Gasteiger partial charge in [0, 0.05) is 0 Å². The van der Waals surface area contributed by atoms with Gasteiger partial charge in [-0.25, -0.2) is 18.6 Å². The maximum atomic E-state index is 12.4. The fourth-order valence-corrected chi connectivity index (χ4v) is 1.13. The normalized spacial score (nSPS) is 11.7. The first kappa shape index (κ1) is 14.1. The zero-order valence-corrected chi connectivity index (χ0v) is 8.76. The molecule has 1 aromatic rings. The molecule has 0 saturated heterocycles. The summed E-state index contributed by atoms with van der Waals surface area (Å²) in [5.74, 6) is -3.02. The number of aromatic nitrogens is 1. The van der Waals surface area contributed by atoms with Crippen molar-refractivity contribution in [3.8, 4) is 5.75 Å². The van der Waals surface area contributed by atoms with Gasteiger partial charge < -0.3 is 9.84 Å². The van der Waals surface area contributed by atoms with Gasteiger partial charge in [0.25, 0.3) is 6.43 Å². The van der Waals surface area contributed by atoms with E-state index in [-0.39, 0.29) is 0 Å². The number of hydrogen-bond donors (Lipinski definition) is 1. The predicted molar refractivity (Wildman–Crippen MR) is 47.2 cm³/mol. The number of hydrogen-bond acceptors (Lipinski definition) is 4. The van der Waals surface area contributed by atoms with Gasteiger partial charge in [-0.1, -0.05) is 0 Å². The van der Waals surface area contributed by atoms with Gasteiger partial charge in [-0.05, 0) is 6.07 Å². The van der Waals surface area contributed by atoms with E-state index in [9.17, 15) is 26.7 Å². The maximum absolute atomic E-state index is 12.4. The highest BCUT2D eigenvalue weighted by Crippen LogP contribution is 2.39. The molecule has 0 unspecified atom stereocenters. The largest absolute Gasteiger partial charge is 0.505 e. The standard InChI is InChI=1S/C9H6F5NO3/c1-18-8(17)4-2-3(7(10)11)5(16)6(15-4)9(12,13)14/h2,7,16H,1H3. The van der Waals surface area contributed by atoms with Gasteiger partial charge in [-0.3, -0.25) is 0 Å². The van der Waals surface area contributed by atoms with Crippen LogP contribution in [0.1, 0.15) is 28.2 Å². The van der Waals surface area contributed by atoms with Crippen LogP contribution in [0.2, 0.25) is 0 Å². The molecule has 0 spiro atoms. The van der Waals surface area contributed by atoms with Crippen LogP contribution in [0.5, 0.6) is 5.75 Å². The second kappa shape index (κ2) is 4.75. The molecule has 0 saturated carbocycles. The van der Waals surface area contributed by atoms with Crippen molar-refractivity contribution in [2.75, 3.05) is 7.11 Å². The molecule has 18 heavy (non-hydrogen) atoms. The third-order valence-corrected chi connectivity index (χ3v) is 1.92. The summed E-state index contributed by atoms with van der Waals surface area (Å²) in [4.78, 5) is 13.8. The van der Waals surface area contributed by atoms with Crippen molar-refractivity contribution in [2.45, 2.75) is 12.6 Å². The Bertz CT molecular complexity index is 472. The van der Waals surface area contributed by atoms with Gasteiger partial charge in [-0.2, -0.15) is 13.2 Å². The second-order valence-electron chi connectivity index (χ2n) is 3.08. The third kappa shape index (κ3) is 2.66. The van der Waals surface area contributed by atoms with Crippen LogP contribution in [-0.4, -0.2) is 23.2 Å². The summed E-state index contributed by atoms with van der Waals surface area (Å²) in [6.45, 7) is 0. The molecule has 0 atom stereocenters. The molecule has 0 amide bonds. The van der Waals surface area contributed by atoms with Crippen LogP contribution in [0.3, 0.4) is 0 Å². The van der Waals surface area contributed by atoms with Gasteiger partial charge in [0.1, 0.15) is 5.69 Å². The summed E-state index contributed by atoms with van der Waals surface area (Å²) in [6.07, 6.45) is -8.56. The number of pyridine rings is 1. The number of carbonyl (C=O) groups is 1. The van der Waals surface area contributed by atoms with E-state index in [4.69, 9.17) is 5.11 Å². The Hall–Kier alpha value is -1.93. The molecule has 0 radical (unpaired) electrons. The molecule has 0 bridgehead atoms. The fraction of sp³-hybridized carbons (Fsp3) is 0.333. The Kier molecular flexibility index (Phi) is 3.73. The number of aromatic hydroxyl groups is 1. The summed E-state index contributed by atoms with van der Waals surface area (Å²) >= 11 is 0. The lowest BCUT2D eigenvalue weighted by molar-refractivity contribution is -0.142. The minimum atomic E-state index is -5.17. The minimum Gasteiger partial charge on any atom is -0.505 e. The second-order valence-corrected chi connectivity index (χ2v) is 3.08. The Labute approximate surface area is 97.0 Å². The lowest BCUT2D eigenvalue weighted by atomic mass is 10.1. The smallest absolute Gasteiger partial charge is 0.437 e. The van der Waals surface area contributed by atoms with Gasteiger partial charge >= 0.3 is 12.1 Å². The summed E-state index contributed by atoms with van der Waals surface area (Å²) < 4.78 is 66.2. The third-order valence-electron chi connectivity index (χ3n) is 1.92. The number of rotatable bonds is 2. The summed E-state index contributed by atoms with van der Waals surface area (Å²) in [5.41, 5.74) is -4.25. The fourth-order valence-electron chi connectivity index (χ4n) is 1.13. The van der Waals surface area contributed by atoms with E-state index >= 15 is 0 Å². The van der Waals surface area contributed by atoms with Crippen LogP contribution < -0.4 is 0 Å². The van der Waals surface area contributed by atoms with E-state index in [0.29, 0.717) is 6.07 Å². The molecule has 0 aliphatic rings. The molecule has 0 fully saturated rings. The summed E-state index contributed by atoms with van der Waals surface area (Å²) in [7, 11) is 0.853. The molecule has 1 heterocycles. The van der Waals surface area contributed by atoms with Gasteiger partial charge in [0.05, 0.1) is 12.7 Å². The Balaban J connectivity index is 3.52. The molecule has 1 rings (SSSR count). The van der Waals surface area contributed by atoms with Crippen LogP contribution >= 0.6 is 0 Å². The molecular formula is C9H6F5NO3. The van der Waals surface area contributed by atoms with E-state index in [1.807, 2.05) is 0 Å². The average Bonchev–Trinajstić information content (AvgIpc) is 2.26. The zero-order chi connectivity index (χ0) is 14.1. The van der Waals surface area contributed by atoms with Gasteiger partial charge in [0.2, 0.25) is 0 Å². The van der Waals surface area contributed by atoms with E-state index < -0.39 is 41.3 Å². The molecule has 4 nitrogen and oxygen atoms in total. The van der Waals surface area contributed by atoms with Crippen molar-refractivity contribution in [1.82, 2.24) is 4.98 Å². The van der Waals surface area contributed by atoms with Crippen LogP contribution in [0.4, 0.5) is 22.0 Å². The number of alkyl halides is 5. The van der Waals surface area contributed by atoms with E-state index in [1.165, 1.54) is 0 Å². The first-order chi connectivity index (χ1) is 8.18. The van der Waals surface area contributed by atoms with Crippen molar-refractivity contribution < 1.29 is 36.6 Å². The highest BCUT2D eigenvalue weighted by Gasteiger charge is 2.39. The molecular weight excluding hydrogens is 265 g/mol. The van der Waals surface area contributed by atoms with Gasteiger partial charge in [0.15, 0.2) is 11.4 Å². The highest BCUT2D eigenvalue weighted by atomic mass is 19.4. The number of ether oxygens (including phenoxy) is 1. The number of halogens is 5. The van der Waals surface area contributed by atoms with E-state index in [1.54, 1.807) is 0 Å². The van der Waals surface area contributed by atoms with Crippen molar-refractivity contribution >= 4 is 5.97 Å². The molecule has 100 valence electrons. The zero-order valence-electron chi connectivity index (χ0n) is 8.76. The molecule has 0 aliphatic heterocycles. The number of carbonyl (C=O) groups excluding carboxylic acids is 1. The highest BCUT2D eigenvalue weighted by molar-refractivity contribution is 5.87. The number of esters is 1. The van der Waals surface area contributed by atoms with E-state index in [0.717, 1.165) is 7.11 Å². The maximum Gasteiger partial charge on any atom is 0.437 e. The van der Waals surface area contributed by atoms with Crippen LogP contribution in [0.25, 0.3) is 0 Å². The van der Waals surface area contributed by atoms with Crippen molar-refractivity contribution in [3.63, 3.8) is 0 Å². The SMILES string of the molecule is COC(=O)c1cc(C(F)F)c(O)c(C(F)(F)F)n1. The monoisotopic (exact) mass is 271 g/mol. The van der Waals surface area contributed by atoms with Crippen LogP contribution in [0.15, 0.2) is 6.07 Å². The topological polar surface area (TPSA) is 59.4 Å². The molecule has 9 heteroatoms. The summed E-state index contributed by atoms with van der Waals surface area (Å²) in [5, 5.41) is 9.06. The van der Waals surface area contributed by atoms with Crippen molar-refractivity contribution in [2.24, 2.45) is 0 Å². The Morgan fingerprint density at radius 2 is 2.00 bits per heavy atom. The summed E-state index contributed by atoms with van der Waals surface area (Å²) in [6, 6.07) is 0.348. The molecule has 1 aromatic heterocycles. The molecule has 0 aromatic carbocycles. The lowest BCUT2D eigenvalue weighted by Gasteiger charge is -2.12. The molecule has 1 N–H and O–H groups in total. The lowest BCUT2D eigenvalue weighted by Crippen LogP contribution is -2.14.